The summed E-state index contributed by atoms with van der Waals surface area (Å²) in [5, 5.41) is 20.7. The van der Waals surface area contributed by atoms with E-state index in [-0.39, 0.29) is 22.6 Å². The normalized spacial score (nSPS) is 14.1. The van der Waals surface area contributed by atoms with E-state index in [0.29, 0.717) is 60.1 Å². The Morgan fingerprint density at radius 1 is 1.23 bits per heavy atom. The third-order valence-electron chi connectivity index (χ3n) is 6.77. The maximum Gasteiger partial charge on any atom is 0.337 e. The molecule has 2 aromatic heterocycles. The molecule has 0 atom stereocenters. The van der Waals surface area contributed by atoms with Crippen molar-refractivity contribution >= 4 is 39.5 Å². The third-order valence-corrected chi connectivity index (χ3v) is 9.07. The van der Waals surface area contributed by atoms with Gasteiger partial charge in [-0.1, -0.05) is 49.0 Å². The number of pyridine rings is 1. The fourth-order valence-electron chi connectivity index (χ4n) is 4.77. The second kappa shape index (κ2) is 12.5. The summed E-state index contributed by atoms with van der Waals surface area (Å²) in [6, 6.07) is 10.8. The van der Waals surface area contributed by atoms with Crippen LogP contribution in [0, 0.1) is 17.2 Å². The minimum absolute atomic E-state index is 0.0300. The lowest BCUT2D eigenvalue weighted by Gasteiger charge is -2.33. The van der Waals surface area contributed by atoms with Crippen molar-refractivity contribution in [3.63, 3.8) is 0 Å². The van der Waals surface area contributed by atoms with Crippen LogP contribution in [-0.2, 0) is 39.8 Å². The van der Waals surface area contributed by atoms with Gasteiger partial charge in [-0.25, -0.2) is 23.2 Å². The Labute approximate surface area is 237 Å². The van der Waals surface area contributed by atoms with Crippen LogP contribution in [0.2, 0.25) is 0 Å². The van der Waals surface area contributed by atoms with Crippen molar-refractivity contribution in [1.29, 1.82) is 5.26 Å². The summed E-state index contributed by atoms with van der Waals surface area (Å²) in [6.45, 7) is 2.52. The number of nitrogens with one attached hydrogen (secondary N) is 1. The molecule has 0 aliphatic carbocycles. The molecule has 0 spiro atoms. The number of piperidine rings is 1. The van der Waals surface area contributed by atoms with Crippen molar-refractivity contribution in [2.45, 2.75) is 42.8 Å². The van der Waals surface area contributed by atoms with Crippen LogP contribution < -0.4 is 9.62 Å². The van der Waals surface area contributed by atoms with E-state index in [1.165, 1.54) is 11.8 Å². The number of carboxylic acids is 1. The Morgan fingerprint density at radius 3 is 2.50 bits per heavy atom. The van der Waals surface area contributed by atoms with Crippen LogP contribution >= 0.6 is 11.8 Å². The highest BCUT2D eigenvalue weighted by molar-refractivity contribution is 7.98. The molecule has 0 unspecified atom stereocenters. The minimum atomic E-state index is -3.85. The molecule has 1 aliphatic rings. The SMILES string of the molecule is CCc1c(C#N)c(N2CCC(C(=O)NS(=O)(=O)Cc3ccccc3)CC2)nc(CSc2nccn2C)c1C(=O)O. The van der Waals surface area contributed by atoms with Crippen molar-refractivity contribution in [2.24, 2.45) is 13.0 Å². The Hall–Kier alpha value is -3.89. The number of amides is 1. The Bertz CT molecular complexity index is 1540. The van der Waals surface area contributed by atoms with E-state index < -0.39 is 27.8 Å². The highest BCUT2D eigenvalue weighted by atomic mass is 32.2. The van der Waals surface area contributed by atoms with Crippen LogP contribution in [0.5, 0.6) is 0 Å². The van der Waals surface area contributed by atoms with Crippen molar-refractivity contribution in [3.8, 4) is 6.07 Å². The average Bonchev–Trinajstić information content (AvgIpc) is 3.35. The lowest BCUT2D eigenvalue weighted by atomic mass is 9.94. The van der Waals surface area contributed by atoms with Gasteiger partial charge in [0.05, 0.1) is 22.6 Å². The molecule has 3 heterocycles. The number of anilines is 1. The average molecular weight is 583 g/mol. The number of nitriles is 1. The second-order valence-corrected chi connectivity index (χ2v) is 12.1. The molecule has 4 rings (SSSR count). The maximum atomic E-state index is 12.8. The van der Waals surface area contributed by atoms with Gasteiger partial charge in [0, 0.05) is 44.2 Å². The van der Waals surface area contributed by atoms with Crippen LogP contribution in [0.3, 0.4) is 0 Å². The Morgan fingerprint density at radius 2 is 1.93 bits per heavy atom. The molecule has 3 aromatic rings. The summed E-state index contributed by atoms with van der Waals surface area (Å²) in [5.74, 6) is -1.87. The highest BCUT2D eigenvalue weighted by Gasteiger charge is 2.31. The summed E-state index contributed by atoms with van der Waals surface area (Å²) in [5.41, 5.74) is 1.59. The van der Waals surface area contributed by atoms with Crippen molar-refractivity contribution in [3.05, 3.63) is 70.7 Å². The predicted molar refractivity (Wildman–Crippen MR) is 150 cm³/mol. The van der Waals surface area contributed by atoms with Gasteiger partial charge in [0.1, 0.15) is 11.9 Å². The molecule has 2 N–H and O–H groups in total. The van der Waals surface area contributed by atoms with Crippen LogP contribution in [0.25, 0.3) is 0 Å². The smallest absolute Gasteiger partial charge is 0.337 e. The van der Waals surface area contributed by atoms with Gasteiger partial charge in [0.2, 0.25) is 15.9 Å². The van der Waals surface area contributed by atoms with E-state index in [0.717, 1.165) is 0 Å². The van der Waals surface area contributed by atoms with Gasteiger partial charge in [-0.2, -0.15) is 5.26 Å². The first-order chi connectivity index (χ1) is 19.1. The monoisotopic (exact) mass is 582 g/mol. The quantitative estimate of drug-likeness (QED) is 0.340. The van der Waals surface area contributed by atoms with E-state index in [9.17, 15) is 28.4 Å². The molecule has 1 fully saturated rings. The lowest BCUT2D eigenvalue weighted by Crippen LogP contribution is -2.43. The molecule has 1 aromatic carbocycles. The number of aromatic carboxylic acids is 1. The number of carbonyl (C=O) groups excluding carboxylic acids is 1. The molecule has 0 bridgehead atoms. The van der Waals surface area contributed by atoms with Crippen molar-refractivity contribution < 1.29 is 23.1 Å². The summed E-state index contributed by atoms with van der Waals surface area (Å²) < 4.78 is 29.1. The molecule has 1 saturated heterocycles. The molecular formula is C27H30N6O5S2. The number of imidazole rings is 1. The number of carboxylic acid groups (broad SMARTS) is 1. The highest BCUT2D eigenvalue weighted by Crippen LogP contribution is 2.33. The van der Waals surface area contributed by atoms with Crippen molar-refractivity contribution in [1.82, 2.24) is 19.3 Å². The molecule has 0 saturated carbocycles. The number of hydrogen-bond acceptors (Lipinski definition) is 9. The zero-order valence-electron chi connectivity index (χ0n) is 22.2. The first-order valence-corrected chi connectivity index (χ1v) is 15.4. The van der Waals surface area contributed by atoms with Gasteiger partial charge < -0.3 is 14.6 Å². The number of aromatic nitrogens is 3. The van der Waals surface area contributed by atoms with Gasteiger partial charge in [-0.15, -0.1) is 0 Å². The van der Waals surface area contributed by atoms with Gasteiger partial charge in [0.15, 0.2) is 5.16 Å². The van der Waals surface area contributed by atoms with Gasteiger partial charge in [-0.3, -0.25) is 9.52 Å². The zero-order chi connectivity index (χ0) is 28.9. The molecule has 13 heteroatoms. The number of sulfonamides is 1. The molecule has 1 amide bonds. The number of aryl methyl sites for hydroxylation is 1. The topological polar surface area (TPSA) is 158 Å². The summed E-state index contributed by atoms with van der Waals surface area (Å²) in [7, 11) is -2.01. The predicted octanol–water partition coefficient (Wildman–Crippen LogP) is 3.10. The summed E-state index contributed by atoms with van der Waals surface area (Å²) in [6.07, 6.45) is 4.50. The van der Waals surface area contributed by atoms with Crippen LogP contribution in [0.15, 0.2) is 47.9 Å². The van der Waals surface area contributed by atoms with E-state index in [1.54, 1.807) is 49.6 Å². The van der Waals surface area contributed by atoms with Crippen LogP contribution in [0.4, 0.5) is 5.82 Å². The third kappa shape index (κ3) is 6.63. The lowest BCUT2D eigenvalue weighted by molar-refractivity contribution is -0.123. The molecule has 210 valence electrons. The molecule has 1 aliphatic heterocycles. The number of hydrogen-bond donors (Lipinski definition) is 2. The largest absolute Gasteiger partial charge is 0.478 e. The molecule has 40 heavy (non-hydrogen) atoms. The number of rotatable bonds is 10. The summed E-state index contributed by atoms with van der Waals surface area (Å²) in [4.78, 5) is 35.9. The zero-order valence-corrected chi connectivity index (χ0v) is 23.8. The first kappa shape index (κ1) is 29.1. The van der Waals surface area contributed by atoms with E-state index in [4.69, 9.17) is 0 Å². The van der Waals surface area contributed by atoms with Gasteiger partial charge >= 0.3 is 5.97 Å². The van der Waals surface area contributed by atoms with E-state index in [2.05, 4.69) is 20.8 Å². The molecular weight excluding hydrogens is 552 g/mol. The standard InChI is InChI=1S/C27H30N6O5S2/c1-3-20-21(15-28)24(30-22(23(20)26(35)36)16-39-27-29-11-14-32(27)2)33-12-9-19(10-13-33)25(34)31-40(37,38)17-18-7-5-4-6-8-18/h4-8,11,14,19H,3,9-10,12-13,16-17H2,1-2H3,(H,31,34)(H,35,36). The maximum absolute atomic E-state index is 12.8. The van der Waals surface area contributed by atoms with Crippen LogP contribution in [0.1, 0.15) is 52.5 Å². The fraction of sp³-hybridized carbons (Fsp3) is 0.370. The second-order valence-electron chi connectivity index (χ2n) is 9.46. The Kier molecular flexibility index (Phi) is 9.11. The molecule has 11 nitrogen and oxygen atoms in total. The van der Waals surface area contributed by atoms with E-state index in [1.807, 2.05) is 16.5 Å². The molecule has 0 radical (unpaired) electrons. The van der Waals surface area contributed by atoms with Crippen LogP contribution in [-0.4, -0.2) is 53.0 Å². The summed E-state index contributed by atoms with van der Waals surface area (Å²) >= 11 is 1.35. The van der Waals surface area contributed by atoms with Gasteiger partial charge in [0.25, 0.3) is 0 Å². The Balaban J connectivity index is 1.52. The number of nitrogens with zero attached hydrogens (tertiary/aromatic N) is 5. The van der Waals surface area contributed by atoms with Gasteiger partial charge in [-0.05, 0) is 30.4 Å². The number of thioether (sulfide) groups is 1. The first-order valence-electron chi connectivity index (χ1n) is 12.8. The number of benzene rings is 1. The number of carbonyl (C=O) groups is 2. The van der Waals surface area contributed by atoms with E-state index >= 15 is 0 Å². The fourth-order valence-corrected chi connectivity index (χ4v) is 6.83. The minimum Gasteiger partial charge on any atom is -0.478 e. The van der Waals surface area contributed by atoms with Crippen molar-refractivity contribution in [2.75, 3.05) is 18.0 Å².